The third-order valence-corrected chi connectivity index (χ3v) is 4.77. The second-order valence-electron chi connectivity index (χ2n) is 6.49. The lowest BCUT2D eigenvalue weighted by molar-refractivity contribution is 0.117. The fourth-order valence-corrected chi connectivity index (χ4v) is 3.44. The predicted molar refractivity (Wildman–Crippen MR) is 102 cm³/mol. The van der Waals surface area contributed by atoms with Crippen molar-refractivity contribution in [3.63, 3.8) is 0 Å². The molecule has 2 aromatic carbocycles. The van der Waals surface area contributed by atoms with E-state index in [0.717, 1.165) is 42.8 Å². The van der Waals surface area contributed by atoms with Crippen molar-refractivity contribution in [1.82, 2.24) is 10.4 Å². The van der Waals surface area contributed by atoms with Crippen LogP contribution in [0.4, 0.5) is 5.69 Å². The number of anilines is 1. The molecule has 4 heteroatoms. The number of hydrazine groups is 1. The van der Waals surface area contributed by atoms with Crippen molar-refractivity contribution < 1.29 is 0 Å². The predicted octanol–water partition coefficient (Wildman–Crippen LogP) is 4.21. The Bertz CT molecular complexity index is 600. The zero-order valence-corrected chi connectivity index (χ0v) is 14.8. The molecule has 2 N–H and O–H groups in total. The lowest BCUT2D eigenvalue weighted by Crippen LogP contribution is -2.46. The van der Waals surface area contributed by atoms with Crippen molar-refractivity contribution in [3.05, 3.63) is 65.2 Å². The molecule has 1 atom stereocenters. The van der Waals surface area contributed by atoms with Crippen LogP contribution < -0.4 is 10.7 Å². The summed E-state index contributed by atoms with van der Waals surface area (Å²) in [6.45, 7) is 4.12. The molecule has 0 radical (unpaired) electrons. The lowest BCUT2D eigenvalue weighted by atomic mass is 9.92. The van der Waals surface area contributed by atoms with Gasteiger partial charge in [-0.25, -0.2) is 5.01 Å². The summed E-state index contributed by atoms with van der Waals surface area (Å²) < 4.78 is 0. The van der Waals surface area contributed by atoms with Gasteiger partial charge in [-0.15, -0.1) is 0 Å². The van der Waals surface area contributed by atoms with E-state index in [1.54, 1.807) is 0 Å². The Labute approximate surface area is 150 Å². The van der Waals surface area contributed by atoms with Gasteiger partial charge in [0.25, 0.3) is 0 Å². The molecular weight excluding hydrogens is 318 g/mol. The van der Waals surface area contributed by atoms with E-state index in [-0.39, 0.29) is 0 Å². The Balaban J connectivity index is 1.37. The van der Waals surface area contributed by atoms with Gasteiger partial charge in [-0.3, -0.25) is 5.43 Å². The van der Waals surface area contributed by atoms with Gasteiger partial charge in [-0.2, -0.15) is 0 Å². The molecule has 0 aliphatic carbocycles. The summed E-state index contributed by atoms with van der Waals surface area (Å²) in [7, 11) is 0. The van der Waals surface area contributed by atoms with Gasteiger partial charge in [0.15, 0.2) is 0 Å². The van der Waals surface area contributed by atoms with Crippen LogP contribution in [0.3, 0.4) is 0 Å². The molecule has 0 saturated carbocycles. The Kier molecular flexibility index (Phi) is 6.53. The van der Waals surface area contributed by atoms with Gasteiger partial charge in [-0.05, 0) is 55.0 Å². The largest absolute Gasteiger partial charge is 0.384 e. The van der Waals surface area contributed by atoms with E-state index in [1.165, 1.54) is 24.8 Å². The quantitative estimate of drug-likeness (QED) is 0.737. The Morgan fingerprint density at radius 1 is 1.00 bits per heavy atom. The average molecular weight is 344 g/mol. The monoisotopic (exact) mass is 343 g/mol. The molecule has 1 heterocycles. The van der Waals surface area contributed by atoms with E-state index >= 15 is 0 Å². The molecule has 1 aliphatic rings. The molecule has 128 valence electrons. The molecule has 24 heavy (non-hydrogen) atoms. The fourth-order valence-electron chi connectivity index (χ4n) is 3.31. The second-order valence-corrected chi connectivity index (χ2v) is 6.92. The minimum Gasteiger partial charge on any atom is -0.384 e. The first kappa shape index (κ1) is 17.3. The van der Waals surface area contributed by atoms with Gasteiger partial charge < -0.3 is 5.32 Å². The molecule has 0 amide bonds. The number of rotatable bonds is 7. The van der Waals surface area contributed by atoms with Gasteiger partial charge in [-0.1, -0.05) is 41.9 Å². The van der Waals surface area contributed by atoms with Gasteiger partial charge in [0, 0.05) is 36.9 Å². The maximum absolute atomic E-state index is 5.90. The van der Waals surface area contributed by atoms with Crippen molar-refractivity contribution in [2.75, 3.05) is 31.5 Å². The van der Waals surface area contributed by atoms with Crippen molar-refractivity contribution in [3.8, 4) is 0 Å². The molecule has 1 saturated heterocycles. The Morgan fingerprint density at radius 2 is 1.79 bits per heavy atom. The number of hydrogen-bond acceptors (Lipinski definition) is 3. The number of nitrogens with zero attached hydrogens (tertiary/aromatic N) is 1. The molecule has 1 fully saturated rings. The van der Waals surface area contributed by atoms with E-state index in [1.807, 2.05) is 24.3 Å². The number of nitrogens with one attached hydrogen (secondary N) is 2. The van der Waals surface area contributed by atoms with Crippen LogP contribution in [-0.2, 0) is 6.42 Å². The molecule has 0 aromatic heterocycles. The number of halogens is 1. The SMILES string of the molecule is Clc1ccc(NCCNN2CCCC(Cc3ccccc3)C2)cc1. The summed E-state index contributed by atoms with van der Waals surface area (Å²) in [5.74, 6) is 0.748. The standard InChI is InChI=1S/C20H26ClN3/c21-19-8-10-20(11-9-19)22-12-13-23-24-14-4-7-18(16-24)15-17-5-2-1-3-6-17/h1-3,5-6,8-11,18,22-23H,4,7,12-16H2. The zero-order valence-electron chi connectivity index (χ0n) is 14.0. The number of piperidine rings is 1. The highest BCUT2D eigenvalue weighted by Crippen LogP contribution is 2.19. The summed E-state index contributed by atoms with van der Waals surface area (Å²) in [6.07, 6.45) is 3.78. The van der Waals surface area contributed by atoms with Crippen molar-refractivity contribution in [2.24, 2.45) is 5.92 Å². The van der Waals surface area contributed by atoms with Crippen LogP contribution in [0, 0.1) is 5.92 Å². The minimum atomic E-state index is 0.748. The third kappa shape index (κ3) is 5.52. The topological polar surface area (TPSA) is 27.3 Å². The van der Waals surface area contributed by atoms with Crippen molar-refractivity contribution >= 4 is 17.3 Å². The third-order valence-electron chi connectivity index (χ3n) is 4.52. The van der Waals surface area contributed by atoms with Gasteiger partial charge in [0.2, 0.25) is 0 Å². The molecule has 3 rings (SSSR count). The lowest BCUT2D eigenvalue weighted by Gasteiger charge is -2.33. The number of hydrogen-bond donors (Lipinski definition) is 2. The molecule has 2 aromatic rings. The summed E-state index contributed by atoms with van der Waals surface area (Å²) >= 11 is 5.90. The molecule has 1 unspecified atom stereocenters. The zero-order chi connectivity index (χ0) is 16.6. The summed E-state index contributed by atoms with van der Waals surface area (Å²) in [5.41, 5.74) is 6.13. The molecule has 1 aliphatic heterocycles. The minimum absolute atomic E-state index is 0.748. The first-order valence-corrected chi connectivity index (χ1v) is 9.19. The van der Waals surface area contributed by atoms with E-state index in [4.69, 9.17) is 11.6 Å². The maximum Gasteiger partial charge on any atom is 0.0407 e. The maximum atomic E-state index is 5.90. The van der Waals surface area contributed by atoms with Gasteiger partial charge in [0.05, 0.1) is 0 Å². The normalized spacial score (nSPS) is 18.5. The average Bonchev–Trinajstić information content (AvgIpc) is 2.61. The van der Waals surface area contributed by atoms with E-state index < -0.39 is 0 Å². The highest BCUT2D eigenvalue weighted by molar-refractivity contribution is 6.30. The van der Waals surface area contributed by atoms with Gasteiger partial charge in [0.1, 0.15) is 0 Å². The van der Waals surface area contributed by atoms with E-state index in [0.29, 0.717) is 0 Å². The van der Waals surface area contributed by atoms with Crippen LogP contribution in [0.1, 0.15) is 18.4 Å². The van der Waals surface area contributed by atoms with E-state index in [9.17, 15) is 0 Å². The molecule has 3 nitrogen and oxygen atoms in total. The smallest absolute Gasteiger partial charge is 0.0407 e. The van der Waals surface area contributed by atoms with Crippen LogP contribution in [0.25, 0.3) is 0 Å². The summed E-state index contributed by atoms with van der Waals surface area (Å²) in [6, 6.07) is 18.7. The summed E-state index contributed by atoms with van der Waals surface area (Å²) in [5, 5.41) is 6.58. The van der Waals surface area contributed by atoms with Crippen LogP contribution in [-0.4, -0.2) is 31.2 Å². The van der Waals surface area contributed by atoms with Crippen LogP contribution in [0.15, 0.2) is 54.6 Å². The first-order chi connectivity index (χ1) is 11.8. The summed E-state index contributed by atoms with van der Waals surface area (Å²) in [4.78, 5) is 0. The van der Waals surface area contributed by atoms with Crippen molar-refractivity contribution in [2.45, 2.75) is 19.3 Å². The first-order valence-electron chi connectivity index (χ1n) is 8.81. The highest BCUT2D eigenvalue weighted by Gasteiger charge is 2.19. The number of benzene rings is 2. The Morgan fingerprint density at radius 3 is 2.58 bits per heavy atom. The second kappa shape index (κ2) is 9.07. The molecular formula is C20H26ClN3. The van der Waals surface area contributed by atoms with Crippen LogP contribution in [0.2, 0.25) is 5.02 Å². The molecule has 0 spiro atoms. The van der Waals surface area contributed by atoms with Crippen molar-refractivity contribution in [1.29, 1.82) is 0 Å². The van der Waals surface area contributed by atoms with Gasteiger partial charge >= 0.3 is 0 Å². The van der Waals surface area contributed by atoms with Crippen LogP contribution >= 0.6 is 11.6 Å². The van der Waals surface area contributed by atoms with Crippen LogP contribution in [0.5, 0.6) is 0 Å². The fraction of sp³-hybridized carbons (Fsp3) is 0.400. The van der Waals surface area contributed by atoms with E-state index in [2.05, 4.69) is 46.1 Å². The Hall–Kier alpha value is -1.55. The molecule has 0 bridgehead atoms. The highest BCUT2D eigenvalue weighted by atomic mass is 35.5.